The molecular weight excluding hydrogens is 556 g/mol. The van der Waals surface area contributed by atoms with Crippen molar-refractivity contribution in [3.63, 3.8) is 0 Å². The summed E-state index contributed by atoms with van der Waals surface area (Å²) in [4.78, 5) is 25.0. The molecule has 7 nitrogen and oxygen atoms in total. The van der Waals surface area contributed by atoms with E-state index in [-0.39, 0.29) is 12.4 Å². The minimum atomic E-state index is -0.576. The van der Waals surface area contributed by atoms with E-state index in [1.54, 1.807) is 24.3 Å². The van der Waals surface area contributed by atoms with Crippen LogP contribution in [0.1, 0.15) is 15.2 Å². The topological polar surface area (TPSA) is 86.2 Å². The molecule has 0 saturated carbocycles. The number of nitrogens with one attached hydrogen (secondary N) is 1. The van der Waals surface area contributed by atoms with E-state index in [2.05, 4.69) is 26.5 Å². The van der Waals surface area contributed by atoms with Gasteiger partial charge in [-0.25, -0.2) is 10.2 Å². The van der Waals surface area contributed by atoms with Crippen LogP contribution >= 0.6 is 38.9 Å². The molecule has 1 heterocycles. The maximum atomic E-state index is 12.7. The number of thiophene rings is 1. The van der Waals surface area contributed by atoms with Crippen molar-refractivity contribution in [1.82, 2.24) is 5.43 Å². The van der Waals surface area contributed by atoms with Crippen LogP contribution < -0.4 is 19.6 Å². The Bertz CT molecular complexity index is 1420. The third-order valence-electron chi connectivity index (χ3n) is 4.71. The van der Waals surface area contributed by atoms with Crippen LogP contribution in [0.4, 0.5) is 0 Å². The SMILES string of the molecule is COc1cc(C=NNC(=O)COc2ccccc2Br)ccc1OC(=O)c1sc2ccccc2c1Cl. The van der Waals surface area contributed by atoms with E-state index in [4.69, 9.17) is 25.8 Å². The zero-order valence-corrected chi connectivity index (χ0v) is 21.4. The fourth-order valence-corrected chi connectivity index (χ4v) is 4.84. The van der Waals surface area contributed by atoms with Crippen molar-refractivity contribution < 1.29 is 23.8 Å². The van der Waals surface area contributed by atoms with Gasteiger partial charge in [-0.15, -0.1) is 11.3 Å². The van der Waals surface area contributed by atoms with Crippen molar-refractivity contribution in [1.29, 1.82) is 0 Å². The molecule has 1 amide bonds. The van der Waals surface area contributed by atoms with E-state index >= 15 is 0 Å². The first kappa shape index (κ1) is 24.7. The molecule has 0 atom stereocenters. The zero-order valence-electron chi connectivity index (χ0n) is 18.3. The molecular formula is C25H18BrClN2O5S. The number of carbonyl (C=O) groups is 2. The predicted molar refractivity (Wildman–Crippen MR) is 140 cm³/mol. The molecule has 3 aromatic carbocycles. The molecule has 0 aliphatic rings. The molecule has 0 bridgehead atoms. The Labute approximate surface area is 218 Å². The molecule has 0 aliphatic carbocycles. The summed E-state index contributed by atoms with van der Waals surface area (Å²) in [7, 11) is 1.46. The highest BCUT2D eigenvalue weighted by molar-refractivity contribution is 9.10. The number of hydrogen-bond donors (Lipinski definition) is 1. The summed E-state index contributed by atoms with van der Waals surface area (Å²) in [6.45, 7) is -0.196. The number of esters is 1. The van der Waals surface area contributed by atoms with Crippen LogP contribution in [-0.4, -0.2) is 31.8 Å². The van der Waals surface area contributed by atoms with Crippen molar-refractivity contribution in [2.45, 2.75) is 0 Å². The summed E-state index contributed by atoms with van der Waals surface area (Å²) in [5, 5.41) is 5.09. The van der Waals surface area contributed by atoms with Crippen molar-refractivity contribution in [2.24, 2.45) is 5.10 Å². The van der Waals surface area contributed by atoms with Gasteiger partial charge in [0.2, 0.25) is 0 Å². The highest BCUT2D eigenvalue weighted by Crippen LogP contribution is 2.37. The number of benzene rings is 3. The van der Waals surface area contributed by atoms with Crippen LogP contribution in [-0.2, 0) is 4.79 Å². The zero-order chi connectivity index (χ0) is 24.8. The van der Waals surface area contributed by atoms with Gasteiger partial charge in [-0.3, -0.25) is 4.79 Å². The number of ether oxygens (including phenoxy) is 3. The molecule has 0 radical (unpaired) electrons. The van der Waals surface area contributed by atoms with Gasteiger partial charge >= 0.3 is 5.97 Å². The summed E-state index contributed by atoms with van der Waals surface area (Å²) >= 11 is 11.0. The number of carbonyl (C=O) groups excluding carboxylic acids is 2. The third kappa shape index (κ3) is 6.00. The second kappa shape index (κ2) is 11.4. The number of rotatable bonds is 8. The molecule has 0 fully saturated rings. The standard InChI is InChI=1S/C25H18BrClN2O5S/c1-32-20-12-15(13-28-29-22(30)14-33-18-8-4-3-7-17(18)26)10-11-19(20)34-25(31)24-23(27)16-6-2-5-9-21(16)35-24/h2-13H,14H2,1H3,(H,29,30). The summed E-state index contributed by atoms with van der Waals surface area (Å²) < 4.78 is 18.0. The second-order valence-corrected chi connectivity index (χ2v) is 9.34. The minimum Gasteiger partial charge on any atom is -0.493 e. The number of hydrazone groups is 1. The van der Waals surface area contributed by atoms with Gasteiger partial charge in [-0.1, -0.05) is 41.9 Å². The molecule has 0 saturated heterocycles. The molecule has 4 rings (SSSR count). The maximum Gasteiger partial charge on any atom is 0.355 e. The highest BCUT2D eigenvalue weighted by Gasteiger charge is 2.20. The first-order valence-corrected chi connectivity index (χ1v) is 12.2. The number of fused-ring (bicyclic) bond motifs is 1. The largest absolute Gasteiger partial charge is 0.493 e. The Hall–Kier alpha value is -3.40. The number of hydrogen-bond acceptors (Lipinski definition) is 7. The van der Waals surface area contributed by atoms with Crippen molar-refractivity contribution in [3.05, 3.63) is 86.7 Å². The summed E-state index contributed by atoms with van der Waals surface area (Å²) in [6.07, 6.45) is 1.44. The van der Waals surface area contributed by atoms with Gasteiger partial charge in [-0.05, 0) is 57.9 Å². The lowest BCUT2D eigenvalue weighted by atomic mass is 10.2. The molecule has 1 aromatic heterocycles. The Morgan fingerprint density at radius 3 is 2.60 bits per heavy atom. The lowest BCUT2D eigenvalue weighted by Crippen LogP contribution is -2.24. The van der Waals surface area contributed by atoms with Crippen LogP contribution in [0.15, 0.2) is 76.3 Å². The van der Waals surface area contributed by atoms with Gasteiger partial charge in [-0.2, -0.15) is 5.10 Å². The number of nitrogens with zero attached hydrogens (tertiary/aromatic N) is 1. The van der Waals surface area contributed by atoms with Gasteiger partial charge in [0.05, 0.1) is 22.8 Å². The Balaban J connectivity index is 1.38. The molecule has 178 valence electrons. The van der Waals surface area contributed by atoms with Crippen molar-refractivity contribution >= 4 is 67.0 Å². The molecule has 1 N–H and O–H groups in total. The van der Waals surface area contributed by atoms with Crippen LogP contribution in [0.5, 0.6) is 17.2 Å². The van der Waals surface area contributed by atoms with Gasteiger partial charge in [0.15, 0.2) is 18.1 Å². The molecule has 35 heavy (non-hydrogen) atoms. The number of para-hydroxylation sites is 1. The summed E-state index contributed by atoms with van der Waals surface area (Å²) in [5.74, 6) is 0.110. The fraction of sp³-hybridized carbons (Fsp3) is 0.0800. The van der Waals surface area contributed by atoms with Gasteiger partial charge in [0.1, 0.15) is 10.6 Å². The third-order valence-corrected chi connectivity index (χ3v) is 7.02. The predicted octanol–water partition coefficient (Wildman–Crippen LogP) is 6.07. The average Bonchev–Trinajstić information content (AvgIpc) is 3.21. The number of halogens is 2. The van der Waals surface area contributed by atoms with Crippen LogP contribution in [0, 0.1) is 0 Å². The number of methoxy groups -OCH3 is 1. The van der Waals surface area contributed by atoms with E-state index in [0.717, 1.165) is 14.6 Å². The lowest BCUT2D eigenvalue weighted by Gasteiger charge is -2.09. The van der Waals surface area contributed by atoms with Crippen molar-refractivity contribution in [2.75, 3.05) is 13.7 Å². The van der Waals surface area contributed by atoms with E-state index in [0.29, 0.717) is 27.0 Å². The average molecular weight is 574 g/mol. The Morgan fingerprint density at radius 2 is 1.83 bits per heavy atom. The second-order valence-electron chi connectivity index (χ2n) is 7.05. The molecule has 4 aromatic rings. The van der Waals surface area contributed by atoms with E-state index in [1.807, 2.05) is 42.5 Å². The molecule has 0 spiro atoms. The maximum absolute atomic E-state index is 12.7. The van der Waals surface area contributed by atoms with E-state index in [1.165, 1.54) is 24.7 Å². The first-order chi connectivity index (χ1) is 17.0. The van der Waals surface area contributed by atoms with E-state index < -0.39 is 11.9 Å². The molecule has 0 aliphatic heterocycles. The van der Waals surface area contributed by atoms with Crippen molar-refractivity contribution in [3.8, 4) is 17.2 Å². The van der Waals surface area contributed by atoms with Gasteiger partial charge < -0.3 is 14.2 Å². The smallest absolute Gasteiger partial charge is 0.355 e. The normalized spacial score (nSPS) is 10.9. The molecule has 10 heteroatoms. The molecule has 0 unspecified atom stereocenters. The van der Waals surface area contributed by atoms with Gasteiger partial charge in [0, 0.05) is 10.1 Å². The quantitative estimate of drug-likeness (QED) is 0.120. The van der Waals surface area contributed by atoms with Crippen LogP contribution in [0.2, 0.25) is 5.02 Å². The van der Waals surface area contributed by atoms with Gasteiger partial charge in [0.25, 0.3) is 5.91 Å². The monoisotopic (exact) mass is 572 g/mol. The first-order valence-electron chi connectivity index (χ1n) is 10.2. The summed E-state index contributed by atoms with van der Waals surface area (Å²) in [5.41, 5.74) is 3.02. The van der Waals surface area contributed by atoms with Crippen LogP contribution in [0.3, 0.4) is 0 Å². The minimum absolute atomic E-state index is 0.196. The number of amides is 1. The summed E-state index contributed by atoms with van der Waals surface area (Å²) in [6, 6.07) is 19.6. The van der Waals surface area contributed by atoms with Crippen LogP contribution in [0.25, 0.3) is 10.1 Å². The van der Waals surface area contributed by atoms with E-state index in [9.17, 15) is 9.59 Å². The lowest BCUT2D eigenvalue weighted by molar-refractivity contribution is -0.123. The Morgan fingerprint density at radius 1 is 1.06 bits per heavy atom. The highest BCUT2D eigenvalue weighted by atomic mass is 79.9. The fourth-order valence-electron chi connectivity index (χ4n) is 3.06. The Kier molecular flexibility index (Phi) is 8.02.